The van der Waals surface area contributed by atoms with Gasteiger partial charge in [0.1, 0.15) is 5.76 Å². The van der Waals surface area contributed by atoms with Crippen molar-refractivity contribution in [2.75, 3.05) is 13.7 Å². The summed E-state index contributed by atoms with van der Waals surface area (Å²) in [5.74, 6) is 1.35. The summed E-state index contributed by atoms with van der Waals surface area (Å²) >= 11 is 0. The Morgan fingerprint density at radius 1 is 1.33 bits per heavy atom. The Morgan fingerprint density at radius 3 is 2.67 bits per heavy atom. The monoisotopic (exact) mass is 293 g/mol. The van der Waals surface area contributed by atoms with E-state index in [1.165, 1.54) is 45.6 Å². The number of nitrogens with one attached hydrogen (secondary N) is 1. The summed E-state index contributed by atoms with van der Waals surface area (Å²) in [6.45, 7) is 3.13. The van der Waals surface area contributed by atoms with Gasteiger partial charge in [0.25, 0.3) is 0 Å². The quantitative estimate of drug-likeness (QED) is 0.634. The highest BCUT2D eigenvalue weighted by atomic mass is 16.5. The van der Waals surface area contributed by atoms with Gasteiger partial charge >= 0.3 is 5.97 Å². The van der Waals surface area contributed by atoms with Crippen molar-refractivity contribution in [2.45, 2.75) is 57.9 Å². The molecule has 0 aromatic carbocycles. The third-order valence-electron chi connectivity index (χ3n) is 4.31. The van der Waals surface area contributed by atoms with E-state index in [1.54, 1.807) is 6.07 Å². The molecule has 1 aliphatic rings. The van der Waals surface area contributed by atoms with E-state index in [4.69, 9.17) is 9.15 Å². The molecule has 4 nitrogen and oxygen atoms in total. The van der Waals surface area contributed by atoms with E-state index in [0.29, 0.717) is 11.7 Å². The fraction of sp³-hybridized carbons (Fsp3) is 0.706. The van der Waals surface area contributed by atoms with E-state index < -0.39 is 5.97 Å². The highest BCUT2D eigenvalue weighted by Gasteiger charge is 2.27. The van der Waals surface area contributed by atoms with Gasteiger partial charge in [0, 0.05) is 0 Å². The summed E-state index contributed by atoms with van der Waals surface area (Å²) in [6.07, 6.45) is 8.81. The zero-order chi connectivity index (χ0) is 15.1. The Labute approximate surface area is 127 Å². The molecule has 1 aromatic heterocycles. The molecule has 21 heavy (non-hydrogen) atoms. The van der Waals surface area contributed by atoms with E-state index in [9.17, 15) is 4.79 Å². The molecular formula is C17H27NO3. The van der Waals surface area contributed by atoms with Gasteiger partial charge in [0.2, 0.25) is 5.76 Å². The van der Waals surface area contributed by atoms with Crippen molar-refractivity contribution in [3.63, 3.8) is 0 Å². The normalized spacial score (nSPS) is 18.2. The molecule has 0 aliphatic heterocycles. The lowest BCUT2D eigenvalue weighted by Crippen LogP contribution is -2.28. The topological polar surface area (TPSA) is 51.5 Å². The summed E-state index contributed by atoms with van der Waals surface area (Å²) in [4.78, 5) is 11.6. The van der Waals surface area contributed by atoms with Crippen molar-refractivity contribution in [1.29, 1.82) is 0 Å². The lowest BCUT2D eigenvalue weighted by atomic mass is 9.90. The van der Waals surface area contributed by atoms with Gasteiger partial charge in [-0.05, 0) is 43.9 Å². The molecular weight excluding hydrogens is 266 g/mol. The second-order valence-corrected chi connectivity index (χ2v) is 5.88. The third-order valence-corrected chi connectivity index (χ3v) is 4.31. The molecule has 0 spiro atoms. The SMILES string of the molecule is CCCNC(c1ccc(C(=O)OC)o1)C1CCCCCC1. The third kappa shape index (κ3) is 4.34. The van der Waals surface area contributed by atoms with Crippen LogP contribution in [0.25, 0.3) is 0 Å². The van der Waals surface area contributed by atoms with E-state index in [2.05, 4.69) is 12.2 Å². The Kier molecular flexibility index (Phi) is 6.30. The molecule has 1 atom stereocenters. The molecule has 1 aromatic rings. The van der Waals surface area contributed by atoms with Crippen LogP contribution >= 0.6 is 0 Å². The Morgan fingerprint density at radius 2 is 2.05 bits per heavy atom. The van der Waals surface area contributed by atoms with Crippen LogP contribution in [-0.2, 0) is 4.74 Å². The lowest BCUT2D eigenvalue weighted by molar-refractivity contribution is 0.0560. The maximum Gasteiger partial charge on any atom is 0.373 e. The van der Waals surface area contributed by atoms with Gasteiger partial charge < -0.3 is 14.5 Å². The smallest absolute Gasteiger partial charge is 0.373 e. The maximum atomic E-state index is 11.6. The number of rotatable bonds is 6. The minimum absolute atomic E-state index is 0.210. The Balaban J connectivity index is 2.13. The number of carbonyl (C=O) groups is 1. The van der Waals surface area contributed by atoms with E-state index >= 15 is 0 Å². The minimum atomic E-state index is -0.406. The number of hydrogen-bond donors (Lipinski definition) is 1. The van der Waals surface area contributed by atoms with Gasteiger partial charge in [-0.1, -0.05) is 32.6 Å². The predicted molar refractivity (Wildman–Crippen MR) is 82.3 cm³/mol. The average molecular weight is 293 g/mol. The molecule has 1 unspecified atom stereocenters. The van der Waals surface area contributed by atoms with Gasteiger partial charge in [-0.15, -0.1) is 0 Å². The van der Waals surface area contributed by atoms with Crippen LogP contribution in [0.4, 0.5) is 0 Å². The average Bonchev–Trinajstić information content (AvgIpc) is 2.83. The zero-order valence-corrected chi connectivity index (χ0v) is 13.2. The fourth-order valence-electron chi connectivity index (χ4n) is 3.17. The molecule has 1 N–H and O–H groups in total. The molecule has 1 heterocycles. The van der Waals surface area contributed by atoms with Crippen LogP contribution in [0.15, 0.2) is 16.5 Å². The van der Waals surface area contributed by atoms with Crippen LogP contribution in [-0.4, -0.2) is 19.6 Å². The molecule has 0 amide bonds. The number of methoxy groups -OCH3 is 1. The maximum absolute atomic E-state index is 11.6. The summed E-state index contributed by atoms with van der Waals surface area (Å²) < 4.78 is 10.5. The van der Waals surface area contributed by atoms with Crippen molar-refractivity contribution in [3.8, 4) is 0 Å². The van der Waals surface area contributed by atoms with Crippen LogP contribution in [0.1, 0.15) is 74.2 Å². The van der Waals surface area contributed by atoms with Crippen molar-refractivity contribution < 1.29 is 13.9 Å². The first-order valence-corrected chi connectivity index (χ1v) is 8.17. The first kappa shape index (κ1) is 16.1. The molecule has 0 bridgehead atoms. The summed E-state index contributed by atoms with van der Waals surface area (Å²) in [6, 6.07) is 3.85. The highest BCUT2D eigenvalue weighted by molar-refractivity contribution is 5.86. The summed E-state index contributed by atoms with van der Waals surface area (Å²) in [5, 5.41) is 3.61. The van der Waals surface area contributed by atoms with Gasteiger partial charge in [-0.3, -0.25) is 0 Å². The van der Waals surface area contributed by atoms with Gasteiger partial charge in [-0.2, -0.15) is 0 Å². The second-order valence-electron chi connectivity index (χ2n) is 5.88. The molecule has 0 radical (unpaired) electrons. The van der Waals surface area contributed by atoms with Crippen LogP contribution < -0.4 is 5.32 Å². The van der Waals surface area contributed by atoms with Crippen molar-refractivity contribution in [1.82, 2.24) is 5.32 Å². The highest BCUT2D eigenvalue weighted by Crippen LogP contribution is 2.34. The van der Waals surface area contributed by atoms with E-state index in [1.807, 2.05) is 6.07 Å². The van der Waals surface area contributed by atoms with Gasteiger partial charge in [0.05, 0.1) is 13.2 Å². The number of furan rings is 1. The first-order chi connectivity index (χ1) is 10.3. The van der Waals surface area contributed by atoms with Crippen molar-refractivity contribution >= 4 is 5.97 Å². The zero-order valence-electron chi connectivity index (χ0n) is 13.2. The first-order valence-electron chi connectivity index (χ1n) is 8.17. The molecule has 1 aliphatic carbocycles. The molecule has 118 valence electrons. The lowest BCUT2D eigenvalue weighted by Gasteiger charge is -2.25. The van der Waals surface area contributed by atoms with Gasteiger partial charge in [0.15, 0.2) is 0 Å². The minimum Gasteiger partial charge on any atom is -0.463 e. The van der Waals surface area contributed by atoms with Crippen LogP contribution in [0.3, 0.4) is 0 Å². The number of carbonyl (C=O) groups excluding carboxylic acids is 1. The molecule has 1 fully saturated rings. The van der Waals surface area contributed by atoms with Crippen LogP contribution in [0.2, 0.25) is 0 Å². The Hall–Kier alpha value is -1.29. The number of hydrogen-bond acceptors (Lipinski definition) is 4. The standard InChI is InChI=1S/C17H27NO3/c1-3-12-18-16(13-8-6-4-5-7-9-13)14-10-11-15(21-14)17(19)20-2/h10-11,13,16,18H,3-9,12H2,1-2H3. The van der Waals surface area contributed by atoms with Gasteiger partial charge in [-0.25, -0.2) is 4.79 Å². The van der Waals surface area contributed by atoms with Crippen molar-refractivity contribution in [2.24, 2.45) is 5.92 Å². The predicted octanol–water partition coefficient (Wildman–Crippen LogP) is 4.08. The Bertz CT molecular complexity index is 433. The summed E-state index contributed by atoms with van der Waals surface area (Å²) in [5.41, 5.74) is 0. The second kappa shape index (κ2) is 8.23. The van der Waals surface area contributed by atoms with E-state index in [0.717, 1.165) is 18.7 Å². The molecule has 0 saturated heterocycles. The molecule has 1 saturated carbocycles. The molecule has 2 rings (SSSR count). The largest absolute Gasteiger partial charge is 0.463 e. The number of esters is 1. The summed E-state index contributed by atoms with van der Waals surface area (Å²) in [7, 11) is 1.38. The van der Waals surface area contributed by atoms with Crippen LogP contribution in [0, 0.1) is 5.92 Å². The van der Waals surface area contributed by atoms with Crippen molar-refractivity contribution in [3.05, 3.63) is 23.7 Å². The van der Waals surface area contributed by atoms with E-state index in [-0.39, 0.29) is 6.04 Å². The van der Waals surface area contributed by atoms with Crippen LogP contribution in [0.5, 0.6) is 0 Å². The fourth-order valence-corrected chi connectivity index (χ4v) is 3.17. The number of ether oxygens (including phenoxy) is 1. The molecule has 4 heteroatoms.